The van der Waals surface area contributed by atoms with Crippen molar-refractivity contribution in [3.8, 4) is 0 Å². The molecular weight excluding hydrogens is 252 g/mol. The van der Waals surface area contributed by atoms with Crippen molar-refractivity contribution >= 4 is 21.4 Å². The average Bonchev–Trinajstić information content (AvgIpc) is 2.23. The summed E-state index contributed by atoms with van der Waals surface area (Å²) in [5.41, 5.74) is 11.9. The number of nitrogens with two attached hydrogens (primary N) is 2. The number of nitrogen functional groups attached to an aromatic ring is 1. The minimum Gasteiger partial charge on any atom is -0.398 e. The summed E-state index contributed by atoms with van der Waals surface area (Å²) < 4.78 is 24.0. The van der Waals surface area contributed by atoms with Crippen LogP contribution in [0.3, 0.4) is 0 Å². The molecule has 0 saturated carbocycles. The van der Waals surface area contributed by atoms with E-state index in [1.54, 1.807) is 12.1 Å². The third kappa shape index (κ3) is 4.03. The minimum absolute atomic E-state index is 0.0203. The summed E-state index contributed by atoms with van der Waals surface area (Å²) in [6.45, 7) is 1.85. The SMILES string of the molecule is Cc1ccc(S(=O)(=O)CCCCC(N)=O)c(N)c1. The van der Waals surface area contributed by atoms with Crippen LogP contribution in [0, 0.1) is 6.92 Å². The summed E-state index contributed by atoms with van der Waals surface area (Å²) in [6, 6.07) is 4.87. The molecule has 0 aliphatic heterocycles. The van der Waals surface area contributed by atoms with Gasteiger partial charge in [0.15, 0.2) is 9.84 Å². The highest BCUT2D eigenvalue weighted by Gasteiger charge is 2.17. The summed E-state index contributed by atoms with van der Waals surface area (Å²) in [5, 5.41) is 0. The van der Waals surface area contributed by atoms with Crippen LogP contribution in [0.15, 0.2) is 23.1 Å². The minimum atomic E-state index is -3.38. The second-order valence-electron chi connectivity index (χ2n) is 4.28. The Hall–Kier alpha value is -1.56. The lowest BCUT2D eigenvalue weighted by atomic mass is 10.2. The van der Waals surface area contributed by atoms with E-state index in [4.69, 9.17) is 11.5 Å². The highest BCUT2D eigenvalue weighted by Crippen LogP contribution is 2.21. The van der Waals surface area contributed by atoms with Crippen molar-refractivity contribution in [2.24, 2.45) is 5.73 Å². The predicted octanol–water partition coefficient (Wildman–Crippen LogP) is 1.01. The number of unbranched alkanes of at least 4 members (excludes halogenated alkanes) is 1. The summed E-state index contributed by atoms with van der Waals surface area (Å²) in [4.78, 5) is 10.7. The molecule has 6 heteroatoms. The summed E-state index contributed by atoms with van der Waals surface area (Å²) >= 11 is 0. The maximum absolute atomic E-state index is 12.0. The molecule has 0 unspecified atom stereocenters. The second kappa shape index (κ2) is 5.86. The van der Waals surface area contributed by atoms with Crippen molar-refractivity contribution in [1.82, 2.24) is 0 Å². The summed E-state index contributed by atoms with van der Waals surface area (Å²) in [6.07, 6.45) is 1.08. The molecule has 0 aliphatic rings. The molecule has 0 aromatic heterocycles. The fourth-order valence-corrected chi connectivity index (χ4v) is 3.15. The quantitative estimate of drug-likeness (QED) is 0.594. The van der Waals surface area contributed by atoms with E-state index in [-0.39, 0.29) is 22.8 Å². The molecule has 0 aliphatic carbocycles. The fourth-order valence-electron chi connectivity index (χ4n) is 1.65. The number of hydrogen-bond acceptors (Lipinski definition) is 4. The topological polar surface area (TPSA) is 103 Å². The van der Waals surface area contributed by atoms with Gasteiger partial charge in [-0.2, -0.15) is 0 Å². The number of rotatable bonds is 6. The molecule has 1 aromatic rings. The van der Waals surface area contributed by atoms with E-state index < -0.39 is 15.7 Å². The van der Waals surface area contributed by atoms with Crippen molar-refractivity contribution in [2.75, 3.05) is 11.5 Å². The van der Waals surface area contributed by atoms with E-state index in [0.717, 1.165) is 5.56 Å². The Morgan fingerprint density at radius 2 is 1.94 bits per heavy atom. The molecule has 0 saturated heterocycles. The molecule has 1 amide bonds. The Morgan fingerprint density at radius 1 is 1.28 bits per heavy atom. The number of primary amides is 1. The van der Waals surface area contributed by atoms with Gasteiger partial charge in [0.25, 0.3) is 0 Å². The third-order valence-corrected chi connectivity index (χ3v) is 4.45. The van der Waals surface area contributed by atoms with E-state index >= 15 is 0 Å². The van der Waals surface area contributed by atoms with E-state index in [9.17, 15) is 13.2 Å². The number of carbonyl (C=O) groups is 1. The van der Waals surface area contributed by atoms with Crippen LogP contribution in [-0.2, 0) is 14.6 Å². The lowest BCUT2D eigenvalue weighted by Gasteiger charge is -2.08. The van der Waals surface area contributed by atoms with Crippen molar-refractivity contribution in [2.45, 2.75) is 31.1 Å². The zero-order valence-electron chi connectivity index (χ0n) is 10.3. The number of aryl methyl sites for hydroxylation is 1. The number of anilines is 1. The van der Waals surface area contributed by atoms with E-state index in [1.807, 2.05) is 6.92 Å². The van der Waals surface area contributed by atoms with E-state index in [0.29, 0.717) is 12.8 Å². The average molecular weight is 270 g/mol. The number of carbonyl (C=O) groups excluding carboxylic acids is 1. The predicted molar refractivity (Wildman–Crippen MR) is 70.7 cm³/mol. The standard InChI is InChI=1S/C12H18N2O3S/c1-9-5-6-11(10(13)8-9)18(16,17)7-3-2-4-12(14)15/h5-6,8H,2-4,7,13H2,1H3,(H2,14,15). The van der Waals surface area contributed by atoms with Crippen molar-refractivity contribution in [3.63, 3.8) is 0 Å². The molecule has 0 spiro atoms. The maximum Gasteiger partial charge on any atom is 0.217 e. The van der Waals surface area contributed by atoms with Gasteiger partial charge in [0, 0.05) is 6.42 Å². The first-order valence-electron chi connectivity index (χ1n) is 5.70. The first-order chi connectivity index (χ1) is 8.33. The number of benzene rings is 1. The van der Waals surface area contributed by atoms with Crippen LogP contribution in [0.25, 0.3) is 0 Å². The van der Waals surface area contributed by atoms with Gasteiger partial charge >= 0.3 is 0 Å². The smallest absolute Gasteiger partial charge is 0.217 e. The van der Waals surface area contributed by atoms with E-state index in [2.05, 4.69) is 0 Å². The molecule has 0 fully saturated rings. The first kappa shape index (κ1) is 14.5. The Morgan fingerprint density at radius 3 is 2.50 bits per heavy atom. The summed E-state index contributed by atoms with van der Waals surface area (Å²) in [7, 11) is -3.38. The van der Waals surface area contributed by atoms with Gasteiger partial charge in [-0.15, -0.1) is 0 Å². The lowest BCUT2D eigenvalue weighted by Crippen LogP contribution is -2.12. The molecule has 0 bridgehead atoms. The van der Waals surface area contributed by atoms with Crippen LogP contribution in [-0.4, -0.2) is 20.1 Å². The van der Waals surface area contributed by atoms with Crippen LogP contribution in [0.2, 0.25) is 0 Å². The van der Waals surface area contributed by atoms with Crippen molar-refractivity contribution in [3.05, 3.63) is 23.8 Å². The number of hydrogen-bond donors (Lipinski definition) is 2. The molecule has 5 nitrogen and oxygen atoms in total. The molecule has 0 radical (unpaired) electrons. The molecule has 18 heavy (non-hydrogen) atoms. The zero-order valence-corrected chi connectivity index (χ0v) is 11.2. The number of sulfone groups is 1. The van der Waals surface area contributed by atoms with Gasteiger partial charge in [0.2, 0.25) is 5.91 Å². The molecule has 4 N–H and O–H groups in total. The second-order valence-corrected chi connectivity index (χ2v) is 6.36. The van der Waals surface area contributed by atoms with Gasteiger partial charge < -0.3 is 11.5 Å². The van der Waals surface area contributed by atoms with Crippen LogP contribution in [0.5, 0.6) is 0 Å². The van der Waals surface area contributed by atoms with Gasteiger partial charge in [0.05, 0.1) is 16.3 Å². The zero-order chi connectivity index (χ0) is 13.8. The van der Waals surface area contributed by atoms with Crippen LogP contribution >= 0.6 is 0 Å². The van der Waals surface area contributed by atoms with Crippen LogP contribution < -0.4 is 11.5 Å². The van der Waals surface area contributed by atoms with Gasteiger partial charge in [0.1, 0.15) is 0 Å². The molecular formula is C12H18N2O3S. The lowest BCUT2D eigenvalue weighted by molar-refractivity contribution is -0.118. The molecule has 1 aromatic carbocycles. The highest BCUT2D eigenvalue weighted by atomic mass is 32.2. The Labute approximate surface area is 107 Å². The van der Waals surface area contributed by atoms with Gasteiger partial charge in [-0.25, -0.2) is 8.42 Å². The van der Waals surface area contributed by atoms with Gasteiger partial charge in [-0.3, -0.25) is 4.79 Å². The first-order valence-corrected chi connectivity index (χ1v) is 7.35. The largest absolute Gasteiger partial charge is 0.398 e. The number of amides is 1. The highest BCUT2D eigenvalue weighted by molar-refractivity contribution is 7.91. The molecule has 1 rings (SSSR count). The normalized spacial score (nSPS) is 11.4. The van der Waals surface area contributed by atoms with Gasteiger partial charge in [-0.05, 0) is 37.5 Å². The molecule has 0 heterocycles. The van der Waals surface area contributed by atoms with Crippen molar-refractivity contribution in [1.29, 1.82) is 0 Å². The Kier molecular flexibility index (Phi) is 4.72. The Balaban J connectivity index is 2.71. The fraction of sp³-hybridized carbons (Fsp3) is 0.417. The van der Waals surface area contributed by atoms with Gasteiger partial charge in [-0.1, -0.05) is 6.07 Å². The molecule has 0 atom stereocenters. The third-order valence-electron chi connectivity index (χ3n) is 2.59. The van der Waals surface area contributed by atoms with E-state index in [1.165, 1.54) is 6.07 Å². The summed E-state index contributed by atoms with van der Waals surface area (Å²) in [5.74, 6) is -0.435. The monoisotopic (exact) mass is 270 g/mol. The van der Waals surface area contributed by atoms with Crippen LogP contribution in [0.1, 0.15) is 24.8 Å². The maximum atomic E-state index is 12.0. The Bertz CT molecular complexity index is 538. The molecule has 100 valence electrons. The van der Waals surface area contributed by atoms with Crippen LogP contribution in [0.4, 0.5) is 5.69 Å². The van der Waals surface area contributed by atoms with Crippen molar-refractivity contribution < 1.29 is 13.2 Å².